The summed E-state index contributed by atoms with van der Waals surface area (Å²) in [6.45, 7) is 3.85. The Morgan fingerprint density at radius 1 is 1.12 bits per heavy atom. The first-order chi connectivity index (χ1) is 12.0. The Kier molecular flexibility index (Phi) is 5.69. The molecule has 1 aliphatic rings. The van der Waals surface area contributed by atoms with Gasteiger partial charge in [0, 0.05) is 5.56 Å². The smallest absolute Gasteiger partial charge is 0.340 e. The summed E-state index contributed by atoms with van der Waals surface area (Å²) in [5.41, 5.74) is 6.72. The predicted molar refractivity (Wildman–Crippen MR) is 89.4 cm³/mol. The first kappa shape index (κ1) is 18.4. The lowest BCUT2D eigenvalue weighted by Crippen LogP contribution is -2.29. The number of nitrogens with two attached hydrogens (primary N) is 1. The number of carbonyl (C=O) groups excluding carboxylic acids is 2. The second-order valence-electron chi connectivity index (χ2n) is 5.24. The molecule has 0 fully saturated rings. The van der Waals surface area contributed by atoms with Gasteiger partial charge in [-0.25, -0.2) is 9.59 Å². The van der Waals surface area contributed by atoms with Crippen LogP contribution < -0.4 is 10.5 Å². The van der Waals surface area contributed by atoms with Gasteiger partial charge in [0.1, 0.15) is 17.1 Å². The van der Waals surface area contributed by atoms with Crippen molar-refractivity contribution < 1.29 is 28.5 Å². The Hall–Kier alpha value is -2.96. The molecule has 1 heterocycles. The van der Waals surface area contributed by atoms with E-state index in [1.54, 1.807) is 31.2 Å². The highest BCUT2D eigenvalue weighted by molar-refractivity contribution is 5.99. The SMILES string of the molecule is CCOc1ccccc1C1C(C(=O)OC)=C(C)OC(N)=C1C(=O)OC. The molecular formula is C18H21NO6. The van der Waals surface area contributed by atoms with Gasteiger partial charge in [0.05, 0.1) is 32.3 Å². The maximum atomic E-state index is 12.4. The molecule has 7 nitrogen and oxygen atoms in total. The Balaban J connectivity index is 2.73. The molecule has 1 atom stereocenters. The standard InChI is InChI=1S/C18H21NO6/c1-5-24-12-9-7-6-8-11(12)14-13(17(20)22-3)10(2)25-16(19)15(14)18(21)23-4/h6-9,14H,5,19H2,1-4H3. The molecular weight excluding hydrogens is 326 g/mol. The number of methoxy groups -OCH3 is 2. The van der Waals surface area contributed by atoms with E-state index in [9.17, 15) is 9.59 Å². The summed E-state index contributed by atoms with van der Waals surface area (Å²) in [5.74, 6) is -1.47. The van der Waals surface area contributed by atoms with Gasteiger partial charge >= 0.3 is 11.9 Å². The number of esters is 2. The van der Waals surface area contributed by atoms with E-state index < -0.39 is 17.9 Å². The number of para-hydroxylation sites is 1. The Morgan fingerprint density at radius 2 is 1.72 bits per heavy atom. The highest BCUT2D eigenvalue weighted by Crippen LogP contribution is 2.43. The van der Waals surface area contributed by atoms with Gasteiger partial charge in [-0.1, -0.05) is 18.2 Å². The largest absolute Gasteiger partial charge is 0.494 e. The molecule has 1 aromatic rings. The van der Waals surface area contributed by atoms with Crippen molar-refractivity contribution in [3.63, 3.8) is 0 Å². The van der Waals surface area contributed by atoms with Gasteiger partial charge in [0.15, 0.2) is 0 Å². The Labute approximate surface area is 146 Å². The fourth-order valence-corrected chi connectivity index (χ4v) is 2.78. The number of ether oxygens (including phenoxy) is 4. The van der Waals surface area contributed by atoms with Crippen LogP contribution >= 0.6 is 0 Å². The van der Waals surface area contributed by atoms with Crippen molar-refractivity contribution in [3.05, 3.63) is 52.6 Å². The molecule has 2 rings (SSSR count). The molecule has 0 saturated carbocycles. The van der Waals surface area contributed by atoms with Crippen LogP contribution in [0, 0.1) is 0 Å². The summed E-state index contributed by atoms with van der Waals surface area (Å²) in [6, 6.07) is 7.09. The van der Waals surface area contributed by atoms with Crippen LogP contribution in [0.1, 0.15) is 25.3 Å². The van der Waals surface area contributed by atoms with Crippen LogP contribution in [0.4, 0.5) is 0 Å². The molecule has 7 heteroatoms. The third kappa shape index (κ3) is 3.45. The zero-order valence-corrected chi connectivity index (χ0v) is 14.6. The van der Waals surface area contributed by atoms with Crippen molar-refractivity contribution in [2.75, 3.05) is 20.8 Å². The van der Waals surface area contributed by atoms with Crippen molar-refractivity contribution in [3.8, 4) is 5.75 Å². The summed E-state index contributed by atoms with van der Waals surface area (Å²) in [7, 11) is 2.49. The zero-order valence-electron chi connectivity index (χ0n) is 14.6. The van der Waals surface area contributed by atoms with E-state index in [1.165, 1.54) is 14.2 Å². The maximum Gasteiger partial charge on any atom is 0.340 e. The summed E-state index contributed by atoms with van der Waals surface area (Å²) >= 11 is 0. The predicted octanol–water partition coefficient (Wildman–Crippen LogP) is 1.99. The van der Waals surface area contributed by atoms with Gasteiger partial charge < -0.3 is 24.7 Å². The van der Waals surface area contributed by atoms with Crippen LogP contribution in [-0.4, -0.2) is 32.8 Å². The minimum absolute atomic E-state index is 0.0284. The monoisotopic (exact) mass is 347 g/mol. The van der Waals surface area contributed by atoms with E-state index in [0.29, 0.717) is 17.9 Å². The lowest BCUT2D eigenvalue weighted by molar-refractivity contribution is -0.137. The molecule has 1 unspecified atom stereocenters. The third-order valence-corrected chi connectivity index (χ3v) is 3.83. The number of hydrogen-bond donors (Lipinski definition) is 1. The molecule has 1 aliphatic heterocycles. The average Bonchev–Trinajstić information content (AvgIpc) is 2.60. The van der Waals surface area contributed by atoms with Gasteiger partial charge in [-0.2, -0.15) is 0 Å². The van der Waals surface area contributed by atoms with E-state index in [2.05, 4.69) is 0 Å². The number of benzene rings is 1. The molecule has 0 bridgehead atoms. The van der Waals surface area contributed by atoms with Crippen LogP contribution in [0.25, 0.3) is 0 Å². The van der Waals surface area contributed by atoms with Gasteiger partial charge in [0.2, 0.25) is 5.88 Å². The van der Waals surface area contributed by atoms with Crippen molar-refractivity contribution in [1.29, 1.82) is 0 Å². The highest BCUT2D eigenvalue weighted by atomic mass is 16.5. The van der Waals surface area contributed by atoms with Crippen molar-refractivity contribution in [2.45, 2.75) is 19.8 Å². The lowest BCUT2D eigenvalue weighted by atomic mass is 9.82. The molecule has 0 spiro atoms. The summed E-state index contributed by atoms with van der Waals surface area (Å²) < 4.78 is 20.8. The third-order valence-electron chi connectivity index (χ3n) is 3.83. The molecule has 0 radical (unpaired) electrons. The molecule has 134 valence electrons. The molecule has 2 N–H and O–H groups in total. The normalized spacial score (nSPS) is 17.0. The second-order valence-corrected chi connectivity index (χ2v) is 5.24. The fourth-order valence-electron chi connectivity index (χ4n) is 2.78. The molecule has 25 heavy (non-hydrogen) atoms. The van der Waals surface area contributed by atoms with Crippen molar-refractivity contribution in [1.82, 2.24) is 0 Å². The molecule has 0 aliphatic carbocycles. The van der Waals surface area contributed by atoms with Crippen LogP contribution in [-0.2, 0) is 23.8 Å². The average molecular weight is 347 g/mol. The summed E-state index contributed by atoms with van der Waals surface area (Å²) in [5, 5.41) is 0. The van der Waals surface area contributed by atoms with Crippen LogP contribution in [0.2, 0.25) is 0 Å². The van der Waals surface area contributed by atoms with Gasteiger partial charge in [-0.3, -0.25) is 0 Å². The number of allylic oxidation sites excluding steroid dienone is 1. The fraction of sp³-hybridized carbons (Fsp3) is 0.333. The first-order valence-corrected chi connectivity index (χ1v) is 7.72. The van der Waals surface area contributed by atoms with E-state index in [-0.39, 0.29) is 22.8 Å². The van der Waals surface area contributed by atoms with Gasteiger partial charge in [-0.05, 0) is 19.9 Å². The van der Waals surface area contributed by atoms with Crippen molar-refractivity contribution in [2.24, 2.45) is 5.73 Å². The topological polar surface area (TPSA) is 97.1 Å². The maximum absolute atomic E-state index is 12.4. The lowest BCUT2D eigenvalue weighted by Gasteiger charge is -2.29. The van der Waals surface area contributed by atoms with E-state index in [1.807, 2.05) is 6.92 Å². The van der Waals surface area contributed by atoms with Crippen LogP contribution in [0.15, 0.2) is 47.1 Å². The van der Waals surface area contributed by atoms with E-state index in [0.717, 1.165) is 0 Å². The molecule has 0 aromatic heterocycles. The number of rotatable bonds is 5. The first-order valence-electron chi connectivity index (χ1n) is 7.72. The summed E-state index contributed by atoms with van der Waals surface area (Å²) in [6.07, 6.45) is 0. The number of hydrogen-bond acceptors (Lipinski definition) is 7. The van der Waals surface area contributed by atoms with E-state index >= 15 is 0 Å². The van der Waals surface area contributed by atoms with Crippen LogP contribution in [0.3, 0.4) is 0 Å². The second kappa shape index (κ2) is 7.74. The zero-order chi connectivity index (χ0) is 18.6. The van der Waals surface area contributed by atoms with Crippen LogP contribution in [0.5, 0.6) is 5.75 Å². The highest BCUT2D eigenvalue weighted by Gasteiger charge is 2.40. The minimum atomic E-state index is -0.823. The minimum Gasteiger partial charge on any atom is -0.494 e. The Bertz CT molecular complexity index is 712. The van der Waals surface area contributed by atoms with Gasteiger partial charge in [0.25, 0.3) is 0 Å². The molecule has 0 amide bonds. The molecule has 0 saturated heterocycles. The Morgan fingerprint density at radius 3 is 2.32 bits per heavy atom. The quantitative estimate of drug-likeness (QED) is 0.814. The number of carbonyl (C=O) groups is 2. The van der Waals surface area contributed by atoms with Crippen molar-refractivity contribution >= 4 is 11.9 Å². The van der Waals surface area contributed by atoms with Gasteiger partial charge in [-0.15, -0.1) is 0 Å². The molecule has 1 aromatic carbocycles. The van der Waals surface area contributed by atoms with E-state index in [4.69, 9.17) is 24.7 Å². The summed E-state index contributed by atoms with van der Waals surface area (Å²) in [4.78, 5) is 24.7.